The highest BCUT2D eigenvalue weighted by atomic mass is 16.2. The van der Waals surface area contributed by atoms with Crippen molar-refractivity contribution < 1.29 is 14.4 Å². The molecule has 25 heavy (non-hydrogen) atoms. The first-order chi connectivity index (χ1) is 12.0. The highest BCUT2D eigenvalue weighted by Crippen LogP contribution is 2.31. The molecule has 0 saturated carbocycles. The molecule has 1 aromatic carbocycles. The molecule has 3 rings (SSSR count). The zero-order chi connectivity index (χ0) is 18.0. The molecule has 0 radical (unpaired) electrons. The molecule has 1 fully saturated rings. The van der Waals surface area contributed by atoms with Gasteiger partial charge in [0, 0.05) is 12.6 Å². The summed E-state index contributed by atoms with van der Waals surface area (Å²) in [6, 6.07) is 6.66. The molecule has 2 aliphatic rings. The van der Waals surface area contributed by atoms with Gasteiger partial charge in [-0.2, -0.15) is 0 Å². The number of hydrogen-bond donors (Lipinski definition) is 1. The summed E-state index contributed by atoms with van der Waals surface area (Å²) in [5.74, 6) is -0.468. The van der Waals surface area contributed by atoms with Crippen LogP contribution in [0.5, 0.6) is 0 Å². The lowest BCUT2D eigenvalue weighted by Crippen LogP contribution is -2.52. The van der Waals surface area contributed by atoms with Gasteiger partial charge in [0.05, 0.1) is 11.3 Å². The van der Waals surface area contributed by atoms with Crippen LogP contribution in [-0.2, 0) is 9.59 Å². The van der Waals surface area contributed by atoms with E-state index in [1.54, 1.807) is 29.2 Å². The van der Waals surface area contributed by atoms with Gasteiger partial charge < -0.3 is 15.1 Å². The van der Waals surface area contributed by atoms with Crippen molar-refractivity contribution in [1.29, 1.82) is 0 Å². The van der Waals surface area contributed by atoms with Gasteiger partial charge in [-0.25, -0.2) is 0 Å². The molecule has 0 aromatic heterocycles. The standard InChI is InChI=1S/C19H25N3O3/c1-3-13(2)20-17(23)12-22-15-9-5-4-8-14(15)18(24)21-11-7-6-10-16(21)19(22)25/h4-5,8-9,13,16H,3,6-7,10-12H2,1-2H3,(H,20,23)/t13-,16+/m1/s1. The van der Waals surface area contributed by atoms with Gasteiger partial charge in [0.1, 0.15) is 12.6 Å². The molecule has 0 unspecified atom stereocenters. The van der Waals surface area contributed by atoms with Gasteiger partial charge in [0.2, 0.25) is 11.8 Å². The Morgan fingerprint density at radius 1 is 1.28 bits per heavy atom. The Hall–Kier alpha value is -2.37. The van der Waals surface area contributed by atoms with Gasteiger partial charge in [0.15, 0.2) is 0 Å². The Bertz CT molecular complexity index is 688. The van der Waals surface area contributed by atoms with Gasteiger partial charge in [-0.15, -0.1) is 0 Å². The number of nitrogens with zero attached hydrogens (tertiary/aromatic N) is 2. The fraction of sp³-hybridized carbons (Fsp3) is 0.526. The van der Waals surface area contributed by atoms with Crippen molar-refractivity contribution >= 4 is 23.4 Å². The first kappa shape index (κ1) is 17.5. The quantitative estimate of drug-likeness (QED) is 0.908. The van der Waals surface area contributed by atoms with Crippen LogP contribution in [0.25, 0.3) is 0 Å². The summed E-state index contributed by atoms with van der Waals surface area (Å²) in [6.07, 6.45) is 3.31. The molecular formula is C19H25N3O3. The normalized spacial score (nSPS) is 21.3. The predicted molar refractivity (Wildman–Crippen MR) is 95.4 cm³/mol. The molecule has 0 aliphatic carbocycles. The lowest BCUT2D eigenvalue weighted by Gasteiger charge is -2.34. The highest BCUT2D eigenvalue weighted by molar-refractivity contribution is 6.12. The number of fused-ring (bicyclic) bond motifs is 2. The summed E-state index contributed by atoms with van der Waals surface area (Å²) in [6.45, 7) is 4.46. The third-order valence-corrected chi connectivity index (χ3v) is 5.06. The van der Waals surface area contributed by atoms with Crippen molar-refractivity contribution in [3.05, 3.63) is 29.8 Å². The number of para-hydroxylation sites is 1. The van der Waals surface area contributed by atoms with Crippen LogP contribution in [-0.4, -0.2) is 47.8 Å². The third kappa shape index (κ3) is 3.38. The third-order valence-electron chi connectivity index (χ3n) is 5.06. The van der Waals surface area contributed by atoms with Gasteiger partial charge in [-0.1, -0.05) is 19.1 Å². The molecule has 2 aliphatic heterocycles. The summed E-state index contributed by atoms with van der Waals surface area (Å²) in [5, 5.41) is 2.90. The number of nitrogens with one attached hydrogen (secondary N) is 1. The highest BCUT2D eigenvalue weighted by Gasteiger charge is 2.40. The Morgan fingerprint density at radius 2 is 2.04 bits per heavy atom. The second-order valence-corrected chi connectivity index (χ2v) is 6.83. The lowest BCUT2D eigenvalue weighted by molar-refractivity contribution is -0.127. The van der Waals surface area contributed by atoms with E-state index in [9.17, 15) is 14.4 Å². The van der Waals surface area contributed by atoms with E-state index in [0.717, 1.165) is 19.3 Å². The fourth-order valence-electron chi connectivity index (χ4n) is 3.50. The van der Waals surface area contributed by atoms with E-state index in [2.05, 4.69) is 5.32 Å². The number of hydrogen-bond acceptors (Lipinski definition) is 3. The molecular weight excluding hydrogens is 318 g/mol. The molecule has 134 valence electrons. The molecule has 1 N–H and O–H groups in total. The zero-order valence-electron chi connectivity index (χ0n) is 14.8. The number of anilines is 1. The van der Waals surface area contributed by atoms with Gasteiger partial charge in [0.25, 0.3) is 5.91 Å². The average Bonchev–Trinajstić information content (AvgIpc) is 2.72. The maximum atomic E-state index is 13.1. The Kier molecular flexibility index (Phi) is 5.06. The second kappa shape index (κ2) is 7.25. The van der Waals surface area contributed by atoms with Crippen LogP contribution in [0.2, 0.25) is 0 Å². The van der Waals surface area contributed by atoms with E-state index in [1.807, 2.05) is 13.8 Å². The minimum atomic E-state index is -0.468. The molecule has 2 heterocycles. The number of benzene rings is 1. The van der Waals surface area contributed by atoms with Crippen molar-refractivity contribution in [2.45, 2.75) is 51.6 Å². The summed E-state index contributed by atoms with van der Waals surface area (Å²) in [7, 11) is 0. The molecule has 6 nitrogen and oxygen atoms in total. The first-order valence-corrected chi connectivity index (χ1v) is 9.03. The van der Waals surface area contributed by atoms with Crippen molar-refractivity contribution in [2.75, 3.05) is 18.0 Å². The van der Waals surface area contributed by atoms with Gasteiger partial charge >= 0.3 is 0 Å². The minimum absolute atomic E-state index is 0.0534. The minimum Gasteiger partial charge on any atom is -0.352 e. The van der Waals surface area contributed by atoms with E-state index < -0.39 is 6.04 Å². The Morgan fingerprint density at radius 3 is 2.80 bits per heavy atom. The van der Waals surface area contributed by atoms with Crippen LogP contribution in [0, 0.1) is 0 Å². The van der Waals surface area contributed by atoms with Crippen LogP contribution in [0.4, 0.5) is 5.69 Å². The Labute approximate surface area is 148 Å². The van der Waals surface area contributed by atoms with Crippen molar-refractivity contribution in [1.82, 2.24) is 10.2 Å². The van der Waals surface area contributed by atoms with Crippen molar-refractivity contribution in [3.63, 3.8) is 0 Å². The number of amides is 3. The van der Waals surface area contributed by atoms with E-state index in [4.69, 9.17) is 0 Å². The van der Waals surface area contributed by atoms with Crippen LogP contribution < -0.4 is 10.2 Å². The molecule has 0 bridgehead atoms. The molecule has 1 aromatic rings. The summed E-state index contributed by atoms with van der Waals surface area (Å²) < 4.78 is 0. The fourth-order valence-corrected chi connectivity index (χ4v) is 3.50. The van der Waals surface area contributed by atoms with Crippen LogP contribution in [0.1, 0.15) is 49.9 Å². The smallest absolute Gasteiger partial charge is 0.256 e. The molecule has 2 atom stereocenters. The van der Waals surface area contributed by atoms with Crippen LogP contribution in [0.15, 0.2) is 24.3 Å². The molecule has 0 spiro atoms. The summed E-state index contributed by atoms with van der Waals surface area (Å²) >= 11 is 0. The van der Waals surface area contributed by atoms with Gasteiger partial charge in [-0.3, -0.25) is 14.4 Å². The van der Waals surface area contributed by atoms with Crippen molar-refractivity contribution in [3.8, 4) is 0 Å². The average molecular weight is 343 g/mol. The molecule has 3 amide bonds. The summed E-state index contributed by atoms with van der Waals surface area (Å²) in [5.41, 5.74) is 1.03. The number of piperidine rings is 1. The zero-order valence-corrected chi connectivity index (χ0v) is 14.8. The Balaban J connectivity index is 1.95. The largest absolute Gasteiger partial charge is 0.352 e. The monoisotopic (exact) mass is 343 g/mol. The number of carbonyl (C=O) groups is 3. The van der Waals surface area contributed by atoms with E-state index in [1.165, 1.54) is 4.90 Å². The van der Waals surface area contributed by atoms with E-state index in [-0.39, 0.29) is 30.3 Å². The SMILES string of the molecule is CC[C@@H](C)NC(=O)CN1C(=O)[C@@H]2CCCCN2C(=O)c2ccccc21. The van der Waals surface area contributed by atoms with Crippen LogP contribution >= 0.6 is 0 Å². The topological polar surface area (TPSA) is 69.7 Å². The lowest BCUT2D eigenvalue weighted by atomic mass is 10.0. The maximum absolute atomic E-state index is 13.1. The second-order valence-electron chi connectivity index (χ2n) is 6.83. The first-order valence-electron chi connectivity index (χ1n) is 9.03. The molecule has 1 saturated heterocycles. The summed E-state index contributed by atoms with van der Waals surface area (Å²) in [4.78, 5) is 41.6. The number of rotatable bonds is 4. The van der Waals surface area contributed by atoms with E-state index >= 15 is 0 Å². The molecule has 6 heteroatoms. The van der Waals surface area contributed by atoms with E-state index in [0.29, 0.717) is 24.2 Å². The predicted octanol–water partition coefficient (Wildman–Crippen LogP) is 1.94. The van der Waals surface area contributed by atoms with Crippen LogP contribution in [0.3, 0.4) is 0 Å². The number of carbonyl (C=O) groups excluding carboxylic acids is 3. The van der Waals surface area contributed by atoms with Crippen molar-refractivity contribution in [2.24, 2.45) is 0 Å². The maximum Gasteiger partial charge on any atom is 0.256 e. The van der Waals surface area contributed by atoms with Gasteiger partial charge in [-0.05, 0) is 44.7 Å².